The average molecular weight is 375 g/mol. The standard InChI is InChI=1S/C18H21N3O4S/c1-13(22)20-15-5-6-17(25-2)18(12-15)26(23,24)21-11-3-4-16(21)14-7-9-19-10-8-14/h5-10,12,16H,3-4,11H2,1-2H3,(H,20,22). The summed E-state index contributed by atoms with van der Waals surface area (Å²) in [4.78, 5) is 15.4. The molecule has 1 aliphatic heterocycles. The quantitative estimate of drug-likeness (QED) is 0.868. The fraction of sp³-hybridized carbons (Fsp3) is 0.333. The van der Waals surface area contributed by atoms with Gasteiger partial charge in [0.15, 0.2) is 0 Å². The van der Waals surface area contributed by atoms with Crippen LogP contribution in [0, 0.1) is 0 Å². The van der Waals surface area contributed by atoms with Gasteiger partial charge in [0.25, 0.3) is 0 Å². The molecular weight excluding hydrogens is 354 g/mol. The minimum atomic E-state index is -3.80. The summed E-state index contributed by atoms with van der Waals surface area (Å²) < 4.78 is 33.5. The number of carbonyl (C=O) groups excluding carboxylic acids is 1. The molecule has 0 spiro atoms. The molecule has 1 amide bonds. The van der Waals surface area contributed by atoms with Gasteiger partial charge in [0.05, 0.1) is 13.2 Å². The fourth-order valence-corrected chi connectivity index (χ4v) is 5.10. The predicted molar refractivity (Wildman–Crippen MR) is 97.4 cm³/mol. The van der Waals surface area contributed by atoms with E-state index in [4.69, 9.17) is 4.74 Å². The van der Waals surface area contributed by atoms with Crippen molar-refractivity contribution in [1.82, 2.24) is 9.29 Å². The van der Waals surface area contributed by atoms with Crippen molar-refractivity contribution in [3.05, 3.63) is 48.3 Å². The summed E-state index contributed by atoms with van der Waals surface area (Å²) in [7, 11) is -2.37. The van der Waals surface area contributed by atoms with Crippen LogP contribution in [0.2, 0.25) is 0 Å². The molecule has 2 aromatic rings. The zero-order chi connectivity index (χ0) is 18.7. The Kier molecular flexibility index (Phi) is 5.24. The number of pyridine rings is 1. The molecule has 1 aliphatic rings. The van der Waals surface area contributed by atoms with Crippen LogP contribution >= 0.6 is 0 Å². The monoisotopic (exact) mass is 375 g/mol. The van der Waals surface area contributed by atoms with Gasteiger partial charge in [-0.05, 0) is 48.7 Å². The summed E-state index contributed by atoms with van der Waals surface area (Å²) >= 11 is 0. The van der Waals surface area contributed by atoms with Gasteiger partial charge in [-0.15, -0.1) is 0 Å². The molecule has 1 unspecified atom stereocenters. The van der Waals surface area contributed by atoms with Crippen LogP contribution in [0.3, 0.4) is 0 Å². The summed E-state index contributed by atoms with van der Waals surface area (Å²) in [5.41, 5.74) is 1.33. The molecule has 26 heavy (non-hydrogen) atoms. The molecule has 7 nitrogen and oxygen atoms in total. The third-order valence-corrected chi connectivity index (χ3v) is 6.29. The van der Waals surface area contributed by atoms with Gasteiger partial charge in [0, 0.05) is 31.5 Å². The number of sulfonamides is 1. The second-order valence-electron chi connectivity index (χ2n) is 6.10. The number of nitrogens with one attached hydrogen (secondary N) is 1. The second-order valence-corrected chi connectivity index (χ2v) is 7.96. The number of rotatable bonds is 5. The third-order valence-electron chi connectivity index (χ3n) is 4.37. The molecule has 1 atom stereocenters. The van der Waals surface area contributed by atoms with Crippen LogP contribution < -0.4 is 10.1 Å². The number of carbonyl (C=O) groups is 1. The topological polar surface area (TPSA) is 88.6 Å². The maximum Gasteiger partial charge on any atom is 0.247 e. The number of hydrogen-bond acceptors (Lipinski definition) is 5. The number of benzene rings is 1. The van der Waals surface area contributed by atoms with Crippen LogP contribution in [0.15, 0.2) is 47.6 Å². The van der Waals surface area contributed by atoms with Crippen LogP contribution in [-0.2, 0) is 14.8 Å². The molecule has 0 saturated carbocycles. The molecule has 1 N–H and O–H groups in total. The Balaban J connectivity index is 2.02. The van der Waals surface area contributed by atoms with E-state index in [-0.39, 0.29) is 22.6 Å². The van der Waals surface area contributed by atoms with Crippen molar-refractivity contribution in [2.45, 2.75) is 30.7 Å². The lowest BCUT2D eigenvalue weighted by Gasteiger charge is -2.25. The van der Waals surface area contributed by atoms with Crippen molar-refractivity contribution in [3.63, 3.8) is 0 Å². The summed E-state index contributed by atoms with van der Waals surface area (Å²) in [5.74, 6) is -0.0196. The minimum Gasteiger partial charge on any atom is -0.495 e. The zero-order valence-electron chi connectivity index (χ0n) is 14.7. The molecule has 1 aromatic heterocycles. The fourth-order valence-electron chi connectivity index (χ4n) is 3.23. The van der Waals surface area contributed by atoms with Gasteiger partial charge in [-0.3, -0.25) is 9.78 Å². The number of methoxy groups -OCH3 is 1. The Morgan fingerprint density at radius 1 is 1.27 bits per heavy atom. The summed E-state index contributed by atoms with van der Waals surface area (Å²) in [6.07, 6.45) is 4.85. The lowest BCUT2D eigenvalue weighted by Crippen LogP contribution is -2.31. The smallest absolute Gasteiger partial charge is 0.247 e. The SMILES string of the molecule is COc1ccc(NC(C)=O)cc1S(=O)(=O)N1CCCC1c1ccncc1. The number of nitrogens with zero attached hydrogens (tertiary/aromatic N) is 2. The highest BCUT2D eigenvalue weighted by Gasteiger charge is 2.37. The maximum atomic E-state index is 13.4. The first-order chi connectivity index (χ1) is 12.4. The van der Waals surface area contributed by atoms with Crippen molar-refractivity contribution >= 4 is 21.6 Å². The third kappa shape index (κ3) is 3.56. The van der Waals surface area contributed by atoms with Crippen LogP contribution in [0.4, 0.5) is 5.69 Å². The van der Waals surface area contributed by atoms with Crippen LogP contribution in [-0.4, -0.2) is 37.3 Å². The Hall–Kier alpha value is -2.45. The largest absolute Gasteiger partial charge is 0.495 e. The van der Waals surface area contributed by atoms with Crippen molar-refractivity contribution in [2.24, 2.45) is 0 Å². The van der Waals surface area contributed by atoms with E-state index in [2.05, 4.69) is 10.3 Å². The number of aromatic nitrogens is 1. The van der Waals surface area contributed by atoms with Crippen LogP contribution in [0.1, 0.15) is 31.4 Å². The Bertz CT molecular complexity index is 900. The highest BCUT2D eigenvalue weighted by atomic mass is 32.2. The molecule has 3 rings (SSSR count). The first-order valence-electron chi connectivity index (χ1n) is 8.31. The Labute approximate surface area is 153 Å². The highest BCUT2D eigenvalue weighted by Crippen LogP contribution is 2.39. The van der Waals surface area contributed by atoms with Gasteiger partial charge in [-0.2, -0.15) is 4.31 Å². The molecule has 1 fully saturated rings. The molecular formula is C18H21N3O4S. The van der Waals surface area contributed by atoms with Gasteiger partial charge in [0.2, 0.25) is 15.9 Å². The van der Waals surface area contributed by atoms with Crippen molar-refractivity contribution in [3.8, 4) is 5.75 Å². The van der Waals surface area contributed by atoms with Gasteiger partial charge in [0.1, 0.15) is 10.6 Å². The van der Waals surface area contributed by atoms with Crippen molar-refractivity contribution in [1.29, 1.82) is 0 Å². The molecule has 1 saturated heterocycles. The van der Waals surface area contributed by atoms with E-state index in [9.17, 15) is 13.2 Å². The van der Waals surface area contributed by atoms with Gasteiger partial charge in [-0.1, -0.05) is 0 Å². The second kappa shape index (κ2) is 7.43. The van der Waals surface area contributed by atoms with Crippen LogP contribution in [0.5, 0.6) is 5.75 Å². The minimum absolute atomic E-state index is 0.0483. The number of ether oxygens (including phenoxy) is 1. The van der Waals surface area contributed by atoms with Gasteiger partial charge < -0.3 is 10.1 Å². The number of anilines is 1. The lowest BCUT2D eigenvalue weighted by atomic mass is 10.1. The normalized spacial score (nSPS) is 17.8. The first kappa shape index (κ1) is 18.3. The van der Waals surface area contributed by atoms with E-state index in [0.717, 1.165) is 18.4 Å². The van der Waals surface area contributed by atoms with Gasteiger partial charge >= 0.3 is 0 Å². The molecule has 1 aromatic carbocycles. The lowest BCUT2D eigenvalue weighted by molar-refractivity contribution is -0.114. The highest BCUT2D eigenvalue weighted by molar-refractivity contribution is 7.89. The summed E-state index contributed by atoms with van der Waals surface area (Å²) in [6.45, 7) is 1.81. The van der Waals surface area contributed by atoms with E-state index in [1.54, 1.807) is 24.5 Å². The average Bonchev–Trinajstić information content (AvgIpc) is 3.12. The summed E-state index contributed by atoms with van der Waals surface area (Å²) in [6, 6.07) is 8.04. The van der Waals surface area contributed by atoms with E-state index in [0.29, 0.717) is 12.2 Å². The zero-order valence-corrected chi connectivity index (χ0v) is 15.5. The molecule has 138 valence electrons. The molecule has 2 heterocycles. The Morgan fingerprint density at radius 2 is 2.00 bits per heavy atom. The summed E-state index contributed by atoms with van der Waals surface area (Å²) in [5, 5.41) is 2.62. The number of amides is 1. The molecule has 0 radical (unpaired) electrons. The molecule has 0 bridgehead atoms. The van der Waals surface area contributed by atoms with Gasteiger partial charge in [-0.25, -0.2) is 8.42 Å². The molecule has 0 aliphatic carbocycles. The van der Waals surface area contributed by atoms with Crippen molar-refractivity contribution in [2.75, 3.05) is 19.0 Å². The van der Waals surface area contributed by atoms with Crippen LogP contribution in [0.25, 0.3) is 0 Å². The van der Waals surface area contributed by atoms with Crippen molar-refractivity contribution < 1.29 is 17.9 Å². The predicted octanol–water partition coefficient (Wildman–Crippen LogP) is 2.57. The van der Waals surface area contributed by atoms with E-state index >= 15 is 0 Å². The van der Waals surface area contributed by atoms with E-state index in [1.165, 1.54) is 24.4 Å². The Morgan fingerprint density at radius 3 is 2.65 bits per heavy atom. The van der Waals surface area contributed by atoms with E-state index < -0.39 is 10.0 Å². The van der Waals surface area contributed by atoms with E-state index in [1.807, 2.05) is 12.1 Å². The first-order valence-corrected chi connectivity index (χ1v) is 9.75. The maximum absolute atomic E-state index is 13.4. The molecule has 8 heteroatoms. The number of hydrogen-bond donors (Lipinski definition) is 1.